The number of aliphatic imine (C=N–C) groups is 1. The van der Waals surface area contributed by atoms with Gasteiger partial charge in [-0.15, -0.1) is 13.2 Å². The van der Waals surface area contributed by atoms with Crippen molar-refractivity contribution < 1.29 is 32.3 Å². The number of hydrogen-bond donors (Lipinski definition) is 2. The summed E-state index contributed by atoms with van der Waals surface area (Å²) in [6.07, 6.45) is 4.10. The highest BCUT2D eigenvalue weighted by Crippen LogP contribution is 2.36. The van der Waals surface area contributed by atoms with E-state index in [4.69, 9.17) is 0 Å². The van der Waals surface area contributed by atoms with Crippen molar-refractivity contribution in [2.45, 2.75) is 70.2 Å². The maximum atomic E-state index is 13.6. The summed E-state index contributed by atoms with van der Waals surface area (Å²) in [7, 11) is 1.59. The van der Waals surface area contributed by atoms with Gasteiger partial charge in [-0.3, -0.25) is 34.4 Å². The van der Waals surface area contributed by atoms with Crippen LogP contribution in [0.3, 0.4) is 0 Å². The molecule has 0 aliphatic carbocycles. The molecule has 55 heavy (non-hydrogen) atoms. The summed E-state index contributed by atoms with van der Waals surface area (Å²) in [6.45, 7) is 8.08. The predicted molar refractivity (Wildman–Crippen MR) is 205 cm³/mol. The van der Waals surface area contributed by atoms with Crippen LogP contribution in [0.25, 0.3) is 17.2 Å². The molecule has 0 spiro atoms. The van der Waals surface area contributed by atoms with Crippen LogP contribution in [0.1, 0.15) is 66.7 Å². The summed E-state index contributed by atoms with van der Waals surface area (Å²) < 4.78 is 46.9. The molecule has 0 saturated carbocycles. The van der Waals surface area contributed by atoms with Crippen LogP contribution in [-0.2, 0) is 27.9 Å². The average Bonchev–Trinajstić information content (AvgIpc) is 3.16. The number of anilines is 1. The lowest BCUT2D eigenvalue weighted by Crippen LogP contribution is -2.47. The molecule has 292 valence electrons. The number of aryl methyl sites for hydroxylation is 1. The summed E-state index contributed by atoms with van der Waals surface area (Å²) in [4.78, 5) is 57.2. The van der Waals surface area contributed by atoms with Crippen molar-refractivity contribution in [1.29, 1.82) is 0 Å². The number of imide groups is 1. The van der Waals surface area contributed by atoms with E-state index in [1.54, 1.807) is 38.4 Å². The van der Waals surface area contributed by atoms with Crippen LogP contribution in [0.15, 0.2) is 64.6 Å². The third-order valence-corrected chi connectivity index (χ3v) is 11.0. The lowest BCUT2D eigenvalue weighted by Gasteiger charge is -2.36. The number of carbonyl (C=O) groups is 3. The Bertz CT molecular complexity index is 1990. The average molecular weight is 761 g/mol. The van der Waals surface area contributed by atoms with Gasteiger partial charge in [0, 0.05) is 55.8 Å². The van der Waals surface area contributed by atoms with E-state index >= 15 is 0 Å². The fourth-order valence-corrected chi connectivity index (χ4v) is 7.88. The van der Waals surface area contributed by atoms with Crippen molar-refractivity contribution in [3.8, 4) is 16.9 Å². The first-order chi connectivity index (χ1) is 26.3. The number of carbonyl (C=O) groups excluding carboxylic acids is 3. The van der Waals surface area contributed by atoms with Crippen molar-refractivity contribution in [2.75, 3.05) is 38.0 Å². The molecule has 0 bridgehead atoms. The lowest BCUT2D eigenvalue weighted by atomic mass is 9.88. The third kappa shape index (κ3) is 9.90. The molecule has 3 aliphatic rings. The molecule has 2 aromatic carbocycles. The van der Waals surface area contributed by atoms with Gasteiger partial charge < -0.3 is 19.5 Å². The van der Waals surface area contributed by atoms with E-state index in [1.807, 2.05) is 17.0 Å². The second kappa shape index (κ2) is 17.1. The van der Waals surface area contributed by atoms with Gasteiger partial charge in [-0.2, -0.15) is 0 Å². The van der Waals surface area contributed by atoms with Gasteiger partial charge >= 0.3 is 6.36 Å². The van der Waals surface area contributed by atoms with Crippen LogP contribution < -0.4 is 20.9 Å². The zero-order valence-corrected chi connectivity index (χ0v) is 31.2. The third-order valence-electron chi connectivity index (χ3n) is 11.0. The second-order valence-corrected chi connectivity index (χ2v) is 14.7. The normalized spacial score (nSPS) is 19.1. The van der Waals surface area contributed by atoms with E-state index < -0.39 is 12.4 Å². The molecular weight excluding hydrogens is 713 g/mol. The minimum atomic E-state index is -4.89. The van der Waals surface area contributed by atoms with Crippen LogP contribution >= 0.6 is 0 Å². The smallest absolute Gasteiger partial charge is 0.405 e. The molecule has 1 unspecified atom stereocenters. The van der Waals surface area contributed by atoms with Gasteiger partial charge in [-0.25, -0.2) is 0 Å². The Balaban J connectivity index is 1.01. The van der Waals surface area contributed by atoms with Crippen LogP contribution in [0.4, 0.5) is 18.9 Å². The molecule has 11 nitrogen and oxygen atoms in total. The van der Waals surface area contributed by atoms with Gasteiger partial charge in [0.1, 0.15) is 11.8 Å². The van der Waals surface area contributed by atoms with E-state index in [0.29, 0.717) is 85.7 Å². The Kier molecular flexibility index (Phi) is 12.2. The zero-order chi connectivity index (χ0) is 39.3. The molecule has 3 fully saturated rings. The van der Waals surface area contributed by atoms with Gasteiger partial charge in [0.15, 0.2) is 0 Å². The molecular formula is C41H47F3N6O5. The minimum absolute atomic E-state index is 0.0869. The van der Waals surface area contributed by atoms with Gasteiger partial charge in [0.2, 0.25) is 17.7 Å². The molecule has 3 aromatic rings. The number of likely N-dealkylation sites (tertiary alicyclic amines) is 2. The number of pyridine rings is 1. The molecule has 3 aliphatic heterocycles. The first-order valence-corrected chi connectivity index (χ1v) is 18.7. The first-order valence-electron chi connectivity index (χ1n) is 18.7. The fraction of sp³-hybridized carbons (Fsp3) is 0.439. The van der Waals surface area contributed by atoms with Crippen molar-refractivity contribution in [2.24, 2.45) is 18.0 Å². The number of benzene rings is 2. The first kappa shape index (κ1) is 39.5. The van der Waals surface area contributed by atoms with Crippen LogP contribution in [-0.4, -0.2) is 83.9 Å². The van der Waals surface area contributed by atoms with Crippen LogP contribution in [0.5, 0.6) is 5.75 Å². The van der Waals surface area contributed by atoms with Crippen LogP contribution in [0, 0.1) is 12.8 Å². The highest BCUT2D eigenvalue weighted by atomic mass is 19.4. The van der Waals surface area contributed by atoms with E-state index in [-0.39, 0.29) is 34.9 Å². The number of alkyl halides is 3. The molecule has 3 saturated heterocycles. The Morgan fingerprint density at radius 3 is 2.38 bits per heavy atom. The molecule has 0 radical (unpaired) electrons. The van der Waals surface area contributed by atoms with Crippen molar-refractivity contribution in [3.05, 3.63) is 87.5 Å². The highest BCUT2D eigenvalue weighted by molar-refractivity contribution is 6.01. The van der Waals surface area contributed by atoms with Crippen molar-refractivity contribution in [3.63, 3.8) is 0 Å². The molecule has 3 amide bonds. The highest BCUT2D eigenvalue weighted by Gasteiger charge is 2.34. The van der Waals surface area contributed by atoms with E-state index in [1.165, 1.54) is 22.4 Å². The summed E-state index contributed by atoms with van der Waals surface area (Å²) >= 11 is 0. The number of ether oxygens (including phenoxy) is 1. The Morgan fingerprint density at radius 1 is 1.02 bits per heavy atom. The SMILES string of the molecule is C=N/C=C\c1c(-c2ccc(CC3CCN(CC(=O)N4CCC(c5ccc(NC6CCC(=O)NC6=O)cc5)CC4)CC3)c(OC(F)(F)F)c2)cn(C)c(=O)c1C. The molecule has 6 rings (SSSR count). The summed E-state index contributed by atoms with van der Waals surface area (Å²) in [5, 5.41) is 5.57. The molecule has 4 heterocycles. The second-order valence-electron chi connectivity index (χ2n) is 14.7. The zero-order valence-electron chi connectivity index (χ0n) is 31.2. The number of hydrogen-bond acceptors (Lipinski definition) is 8. The standard InChI is InChI=1S/C41H47F3N6O5/c1-26-33(12-17-45-2)34(24-48(3)40(26)54)30-4-5-31(36(23-30)55-41(42,43)44)22-27-13-18-49(19-14-27)25-38(52)50-20-15-29(16-21-50)28-6-8-32(9-7-28)46-35-10-11-37(51)47-39(35)53/h4-9,12,17,23-24,27,29,35,46H,2,10-11,13-16,18-22,25H2,1,3H3,(H,47,51,53)/b17-12-. The number of aromatic nitrogens is 1. The molecule has 1 aromatic heterocycles. The number of halogens is 3. The van der Waals surface area contributed by atoms with E-state index in [2.05, 4.69) is 44.1 Å². The van der Waals surface area contributed by atoms with E-state index in [9.17, 15) is 32.3 Å². The number of amides is 3. The van der Waals surface area contributed by atoms with Gasteiger partial charge in [0.25, 0.3) is 5.56 Å². The van der Waals surface area contributed by atoms with Gasteiger partial charge in [0.05, 0.1) is 6.54 Å². The predicted octanol–water partition coefficient (Wildman–Crippen LogP) is 5.81. The fourth-order valence-electron chi connectivity index (χ4n) is 7.88. The molecule has 1 atom stereocenters. The summed E-state index contributed by atoms with van der Waals surface area (Å²) in [5.41, 5.74) is 4.24. The maximum absolute atomic E-state index is 13.6. The van der Waals surface area contributed by atoms with Gasteiger partial charge in [-0.05, 0) is 124 Å². The lowest BCUT2D eigenvalue weighted by molar-refractivity contribution is -0.274. The maximum Gasteiger partial charge on any atom is 0.573 e. The molecule has 14 heteroatoms. The Morgan fingerprint density at radius 2 is 1.73 bits per heavy atom. The molecule has 2 N–H and O–H groups in total. The number of piperidine rings is 3. The number of rotatable bonds is 11. The van der Waals surface area contributed by atoms with Crippen molar-refractivity contribution >= 4 is 36.2 Å². The minimum Gasteiger partial charge on any atom is -0.405 e. The summed E-state index contributed by atoms with van der Waals surface area (Å²) in [5.74, 6) is -0.296. The van der Waals surface area contributed by atoms with Crippen molar-refractivity contribution in [1.82, 2.24) is 19.7 Å². The number of nitrogens with zero attached hydrogens (tertiary/aromatic N) is 4. The Labute approximate surface area is 318 Å². The van der Waals surface area contributed by atoms with Crippen LogP contribution in [0.2, 0.25) is 0 Å². The largest absolute Gasteiger partial charge is 0.573 e. The number of nitrogens with one attached hydrogen (secondary N) is 2. The van der Waals surface area contributed by atoms with Gasteiger partial charge in [-0.1, -0.05) is 24.3 Å². The summed E-state index contributed by atoms with van der Waals surface area (Å²) in [6, 6.07) is 12.4. The topological polar surface area (TPSA) is 125 Å². The monoisotopic (exact) mass is 760 g/mol. The Hall–Kier alpha value is -5.24. The quantitative estimate of drug-likeness (QED) is 0.187. The van der Waals surface area contributed by atoms with E-state index in [0.717, 1.165) is 31.4 Å².